The van der Waals surface area contributed by atoms with Crippen LogP contribution in [0, 0.1) is 18.8 Å². The molecule has 6 nitrogen and oxygen atoms in total. The average Bonchev–Trinajstić information content (AvgIpc) is 2.85. The molecule has 0 aliphatic heterocycles. The minimum absolute atomic E-state index is 0.0130. The molecule has 1 aromatic rings. The van der Waals surface area contributed by atoms with Crippen LogP contribution < -0.4 is 5.32 Å². The first-order chi connectivity index (χ1) is 8.88. The number of anilines is 1. The van der Waals surface area contributed by atoms with E-state index in [2.05, 4.69) is 17.2 Å². The topological polar surface area (TPSA) is 85.4 Å². The largest absolute Gasteiger partial charge is 0.477 e. The van der Waals surface area contributed by atoms with Crippen molar-refractivity contribution < 1.29 is 14.7 Å². The van der Waals surface area contributed by atoms with Gasteiger partial charge in [0.2, 0.25) is 0 Å². The molecule has 0 aromatic carbocycles. The fourth-order valence-electron chi connectivity index (χ4n) is 2.16. The molecule has 0 radical (unpaired) electrons. The molecule has 2 amide bonds. The number of aryl methyl sites for hydroxylation is 1. The van der Waals surface area contributed by atoms with Crippen LogP contribution in [0.15, 0.2) is 6.07 Å². The van der Waals surface area contributed by atoms with E-state index in [1.165, 1.54) is 0 Å². The van der Waals surface area contributed by atoms with Crippen molar-refractivity contribution in [2.24, 2.45) is 11.8 Å². The minimum Gasteiger partial charge on any atom is -0.477 e. The van der Waals surface area contributed by atoms with E-state index in [1.807, 2.05) is 0 Å². The maximum absolute atomic E-state index is 12.0. The minimum atomic E-state index is -1.08. The van der Waals surface area contributed by atoms with Gasteiger partial charge >= 0.3 is 12.0 Å². The first-order valence-corrected chi connectivity index (χ1v) is 6.33. The number of carboxylic acid groups (broad SMARTS) is 1. The Labute approximate surface area is 111 Å². The van der Waals surface area contributed by atoms with Crippen LogP contribution in [0.1, 0.15) is 29.5 Å². The normalized spacial score (nSPS) is 21.0. The lowest BCUT2D eigenvalue weighted by Gasteiger charge is -2.17. The summed E-state index contributed by atoms with van der Waals surface area (Å²) in [6.07, 6.45) is 1.15. The Morgan fingerprint density at radius 3 is 2.74 bits per heavy atom. The van der Waals surface area contributed by atoms with Gasteiger partial charge in [-0.15, -0.1) is 0 Å². The molecule has 2 rings (SSSR count). The molecule has 1 aromatic heterocycles. The molecular formula is C13H19N3O3. The number of aromatic carboxylic acids is 1. The second-order valence-corrected chi connectivity index (χ2v) is 5.33. The summed E-state index contributed by atoms with van der Waals surface area (Å²) < 4.78 is 0. The number of nitrogens with zero attached hydrogens (tertiary/aromatic N) is 1. The molecule has 104 valence electrons. The number of rotatable bonds is 4. The predicted molar refractivity (Wildman–Crippen MR) is 71.4 cm³/mol. The third kappa shape index (κ3) is 3.07. The predicted octanol–water partition coefficient (Wildman–Crippen LogP) is 2.14. The van der Waals surface area contributed by atoms with Crippen LogP contribution >= 0.6 is 0 Å². The van der Waals surface area contributed by atoms with Crippen molar-refractivity contribution in [1.82, 2.24) is 9.88 Å². The zero-order valence-corrected chi connectivity index (χ0v) is 11.4. The number of aromatic amines is 1. The molecule has 6 heteroatoms. The Morgan fingerprint density at radius 2 is 2.21 bits per heavy atom. The van der Waals surface area contributed by atoms with E-state index in [1.54, 1.807) is 24.9 Å². The van der Waals surface area contributed by atoms with Crippen molar-refractivity contribution in [2.75, 3.05) is 18.9 Å². The van der Waals surface area contributed by atoms with E-state index >= 15 is 0 Å². The van der Waals surface area contributed by atoms with Crippen LogP contribution in [-0.2, 0) is 0 Å². The fourth-order valence-corrected chi connectivity index (χ4v) is 2.16. The zero-order chi connectivity index (χ0) is 14.2. The van der Waals surface area contributed by atoms with Crippen LogP contribution in [0.2, 0.25) is 0 Å². The molecular weight excluding hydrogens is 246 g/mol. The molecule has 2 unspecified atom stereocenters. The van der Waals surface area contributed by atoms with Crippen molar-refractivity contribution in [3.8, 4) is 0 Å². The first-order valence-electron chi connectivity index (χ1n) is 6.33. The van der Waals surface area contributed by atoms with Crippen molar-refractivity contribution in [3.63, 3.8) is 0 Å². The number of carboxylic acids is 1. The number of H-pyrrole nitrogens is 1. The highest BCUT2D eigenvalue weighted by atomic mass is 16.4. The molecule has 0 bridgehead atoms. The average molecular weight is 265 g/mol. The summed E-state index contributed by atoms with van der Waals surface area (Å²) in [5.74, 6) is 0.170. The van der Waals surface area contributed by atoms with Gasteiger partial charge in [0, 0.05) is 19.3 Å². The van der Waals surface area contributed by atoms with Crippen LogP contribution in [-0.4, -0.2) is 40.6 Å². The third-order valence-electron chi connectivity index (χ3n) is 3.54. The molecule has 19 heavy (non-hydrogen) atoms. The smallest absolute Gasteiger partial charge is 0.354 e. The Bertz CT molecular complexity index is 509. The number of carbonyl (C=O) groups excluding carboxylic acids is 1. The molecule has 0 saturated heterocycles. The van der Waals surface area contributed by atoms with Gasteiger partial charge in [0.05, 0.1) is 5.69 Å². The Morgan fingerprint density at radius 1 is 1.58 bits per heavy atom. The summed E-state index contributed by atoms with van der Waals surface area (Å²) in [6, 6.07) is 1.34. The Hall–Kier alpha value is -1.98. The van der Waals surface area contributed by atoms with Crippen molar-refractivity contribution >= 4 is 17.7 Å². The number of aromatic nitrogens is 1. The third-order valence-corrected chi connectivity index (χ3v) is 3.54. The lowest BCUT2D eigenvalue weighted by Crippen LogP contribution is -2.33. The van der Waals surface area contributed by atoms with Gasteiger partial charge in [0.1, 0.15) is 5.69 Å². The van der Waals surface area contributed by atoms with Gasteiger partial charge in [-0.05, 0) is 31.2 Å². The van der Waals surface area contributed by atoms with Crippen LogP contribution in [0.3, 0.4) is 0 Å². The highest BCUT2D eigenvalue weighted by Gasteiger charge is 2.34. The van der Waals surface area contributed by atoms with E-state index in [0.29, 0.717) is 29.8 Å². The molecule has 1 heterocycles. The van der Waals surface area contributed by atoms with E-state index < -0.39 is 5.97 Å². The van der Waals surface area contributed by atoms with Crippen molar-refractivity contribution in [1.29, 1.82) is 0 Å². The Balaban J connectivity index is 1.99. The van der Waals surface area contributed by atoms with Gasteiger partial charge in [-0.1, -0.05) is 6.92 Å². The van der Waals surface area contributed by atoms with E-state index in [0.717, 1.165) is 6.42 Å². The molecule has 1 fully saturated rings. The molecule has 3 N–H and O–H groups in total. The molecule has 2 atom stereocenters. The summed E-state index contributed by atoms with van der Waals surface area (Å²) in [5.41, 5.74) is 1.02. The maximum atomic E-state index is 12.0. The van der Waals surface area contributed by atoms with Crippen molar-refractivity contribution in [3.05, 3.63) is 17.5 Å². The van der Waals surface area contributed by atoms with Gasteiger partial charge in [0.25, 0.3) is 0 Å². The number of hydrogen-bond acceptors (Lipinski definition) is 2. The van der Waals surface area contributed by atoms with Gasteiger partial charge in [-0.2, -0.15) is 0 Å². The number of urea groups is 1. The van der Waals surface area contributed by atoms with Gasteiger partial charge in [-0.25, -0.2) is 9.59 Å². The molecule has 1 saturated carbocycles. The second-order valence-electron chi connectivity index (χ2n) is 5.33. The lowest BCUT2D eigenvalue weighted by molar-refractivity contribution is 0.0692. The number of carbonyl (C=O) groups is 2. The summed E-state index contributed by atoms with van der Waals surface area (Å²) in [4.78, 5) is 27.3. The SMILES string of the molecule is Cc1cc(NC(=O)N(C)CC2CC2C)c(C(=O)O)[nH]1. The zero-order valence-electron chi connectivity index (χ0n) is 11.4. The van der Waals surface area contributed by atoms with Gasteiger partial charge < -0.3 is 20.3 Å². The quantitative estimate of drug-likeness (QED) is 0.779. The van der Waals surface area contributed by atoms with Crippen LogP contribution in [0.4, 0.5) is 10.5 Å². The summed E-state index contributed by atoms with van der Waals surface area (Å²) in [6.45, 7) is 4.62. The lowest BCUT2D eigenvalue weighted by atomic mass is 10.3. The van der Waals surface area contributed by atoms with Crippen LogP contribution in [0.5, 0.6) is 0 Å². The Kier molecular flexibility index (Phi) is 3.50. The van der Waals surface area contributed by atoms with E-state index in [-0.39, 0.29) is 11.7 Å². The molecule has 1 aliphatic rings. The summed E-state index contributed by atoms with van der Waals surface area (Å²) in [7, 11) is 1.72. The van der Waals surface area contributed by atoms with Gasteiger partial charge in [-0.3, -0.25) is 0 Å². The fraction of sp³-hybridized carbons (Fsp3) is 0.538. The monoisotopic (exact) mass is 265 g/mol. The number of nitrogens with one attached hydrogen (secondary N) is 2. The van der Waals surface area contributed by atoms with Crippen LogP contribution in [0.25, 0.3) is 0 Å². The number of hydrogen-bond donors (Lipinski definition) is 3. The molecule has 1 aliphatic carbocycles. The highest BCUT2D eigenvalue weighted by Crippen LogP contribution is 2.38. The highest BCUT2D eigenvalue weighted by molar-refractivity contribution is 5.99. The van der Waals surface area contributed by atoms with Crippen molar-refractivity contribution in [2.45, 2.75) is 20.3 Å². The molecule has 0 spiro atoms. The standard InChI is InChI=1S/C13H19N3O3/c1-7-4-9(7)6-16(3)13(19)15-10-5-8(2)14-11(10)12(17)18/h5,7,9,14H,4,6H2,1-3H3,(H,15,19)(H,17,18). The van der Waals surface area contributed by atoms with Gasteiger partial charge in [0.15, 0.2) is 0 Å². The number of amides is 2. The summed E-state index contributed by atoms with van der Waals surface area (Å²) in [5, 5.41) is 11.7. The maximum Gasteiger partial charge on any atom is 0.354 e. The van der Waals surface area contributed by atoms with E-state index in [9.17, 15) is 9.59 Å². The summed E-state index contributed by atoms with van der Waals surface area (Å²) >= 11 is 0. The van der Waals surface area contributed by atoms with E-state index in [4.69, 9.17) is 5.11 Å². The second kappa shape index (κ2) is 4.95. The first kappa shape index (κ1) is 13.5.